The third kappa shape index (κ3) is 5.52. The summed E-state index contributed by atoms with van der Waals surface area (Å²) in [6.07, 6.45) is 0.638. The van der Waals surface area contributed by atoms with Crippen LogP contribution in [0.25, 0.3) is 5.69 Å². The highest BCUT2D eigenvalue weighted by Gasteiger charge is 2.27. The van der Waals surface area contributed by atoms with Crippen molar-refractivity contribution in [2.24, 2.45) is 0 Å². The first-order valence-corrected chi connectivity index (χ1v) is 11.7. The fourth-order valence-electron chi connectivity index (χ4n) is 3.50. The molecule has 0 aliphatic rings. The number of Topliss-reactive ketones (excluding diaryl/α,β-unsaturated/α-hetero) is 1. The average molecular weight is 509 g/mol. The summed E-state index contributed by atoms with van der Waals surface area (Å²) in [5.74, 6) is -0.909. The zero-order valence-corrected chi connectivity index (χ0v) is 20.8. The quantitative estimate of drug-likeness (QED) is 0.380. The number of carbonyl (C=O) groups is 2. The molecule has 0 aliphatic carbocycles. The molecular weight excluding hydrogens is 485 g/mol. The van der Waals surface area contributed by atoms with E-state index in [1.165, 1.54) is 21.7 Å². The Hall–Kier alpha value is -2.54. The van der Waals surface area contributed by atoms with Gasteiger partial charge in [-0.25, -0.2) is 4.68 Å². The molecule has 1 N–H and O–H groups in total. The van der Waals surface area contributed by atoms with Gasteiger partial charge in [-0.15, -0.1) is 0 Å². The fourth-order valence-corrected chi connectivity index (χ4v) is 3.92. The highest BCUT2D eigenvalue weighted by atomic mass is 35.5. The van der Waals surface area contributed by atoms with E-state index in [9.17, 15) is 14.4 Å². The Morgan fingerprint density at radius 3 is 2.27 bits per heavy atom. The number of benzene rings is 2. The Labute approximate surface area is 207 Å². The van der Waals surface area contributed by atoms with E-state index in [0.717, 1.165) is 0 Å². The number of ketones is 1. The van der Waals surface area contributed by atoms with Gasteiger partial charge in [0.1, 0.15) is 5.56 Å². The molecule has 6 nitrogen and oxygen atoms in total. The first kappa shape index (κ1) is 25.1. The number of H-pyrrole nitrogens is 1. The number of rotatable bonds is 8. The molecule has 0 radical (unpaired) electrons. The lowest BCUT2D eigenvalue weighted by Gasteiger charge is -2.21. The normalized spacial score (nSPS) is 11.1. The summed E-state index contributed by atoms with van der Waals surface area (Å²) in [5.41, 5.74) is 0.968. The van der Waals surface area contributed by atoms with Gasteiger partial charge in [0.2, 0.25) is 0 Å². The van der Waals surface area contributed by atoms with Gasteiger partial charge in [0, 0.05) is 17.1 Å². The van der Waals surface area contributed by atoms with Crippen molar-refractivity contribution >= 4 is 46.5 Å². The fraction of sp³-hybridized carbons (Fsp3) is 0.292. The molecule has 2 aromatic carbocycles. The van der Waals surface area contributed by atoms with Crippen LogP contribution < -0.4 is 5.56 Å². The molecule has 1 heterocycles. The second kappa shape index (κ2) is 10.6. The standard InChI is InChI=1S/C24H24Cl3N3O3/c1-4-11-29(23(32)15-5-10-18(26)19(27)12-15)13-20(31)21-22(14(2)3)28-30(24(21)33)17-8-6-16(25)7-9-17/h5-10,12,14,28H,4,11,13H2,1-3H3. The van der Waals surface area contributed by atoms with Crippen molar-refractivity contribution in [3.8, 4) is 5.69 Å². The number of hydrogen-bond donors (Lipinski definition) is 1. The van der Waals surface area contributed by atoms with Crippen LogP contribution in [-0.4, -0.2) is 39.5 Å². The van der Waals surface area contributed by atoms with E-state index in [1.807, 2.05) is 20.8 Å². The molecule has 0 spiro atoms. The Bertz CT molecular complexity index is 1230. The van der Waals surface area contributed by atoms with Gasteiger partial charge in [-0.2, -0.15) is 0 Å². The van der Waals surface area contributed by atoms with Gasteiger partial charge in [0.15, 0.2) is 5.78 Å². The van der Waals surface area contributed by atoms with E-state index in [1.54, 1.807) is 30.3 Å². The van der Waals surface area contributed by atoms with Crippen LogP contribution in [0.3, 0.4) is 0 Å². The van der Waals surface area contributed by atoms with Gasteiger partial charge in [0.05, 0.1) is 28.0 Å². The molecule has 33 heavy (non-hydrogen) atoms. The molecule has 3 rings (SSSR count). The van der Waals surface area contributed by atoms with Crippen LogP contribution >= 0.6 is 34.8 Å². The number of hydrogen-bond acceptors (Lipinski definition) is 3. The van der Waals surface area contributed by atoms with E-state index < -0.39 is 11.3 Å². The number of nitrogens with one attached hydrogen (secondary N) is 1. The van der Waals surface area contributed by atoms with E-state index in [0.29, 0.717) is 40.0 Å². The van der Waals surface area contributed by atoms with Crippen LogP contribution in [0.15, 0.2) is 47.3 Å². The summed E-state index contributed by atoms with van der Waals surface area (Å²) in [4.78, 5) is 41.1. The minimum Gasteiger partial charge on any atom is -0.331 e. The molecule has 0 saturated heterocycles. The number of aromatic amines is 1. The summed E-state index contributed by atoms with van der Waals surface area (Å²) in [5, 5.41) is 4.18. The molecule has 0 fully saturated rings. The third-order valence-corrected chi connectivity index (χ3v) is 6.13. The summed E-state index contributed by atoms with van der Waals surface area (Å²) in [6, 6.07) is 11.3. The van der Waals surface area contributed by atoms with Crippen molar-refractivity contribution in [3.05, 3.63) is 84.7 Å². The Balaban J connectivity index is 1.96. The molecule has 3 aromatic rings. The molecule has 0 bridgehead atoms. The number of halogens is 3. The Morgan fingerprint density at radius 1 is 1.03 bits per heavy atom. The first-order valence-electron chi connectivity index (χ1n) is 10.5. The van der Waals surface area contributed by atoms with Gasteiger partial charge in [0.25, 0.3) is 11.5 Å². The van der Waals surface area contributed by atoms with E-state index in [-0.39, 0.29) is 29.0 Å². The topological polar surface area (TPSA) is 75.2 Å². The maximum atomic E-state index is 13.3. The van der Waals surface area contributed by atoms with E-state index in [4.69, 9.17) is 34.8 Å². The van der Waals surface area contributed by atoms with Crippen molar-refractivity contribution in [1.29, 1.82) is 0 Å². The smallest absolute Gasteiger partial charge is 0.282 e. The summed E-state index contributed by atoms with van der Waals surface area (Å²) >= 11 is 18.0. The van der Waals surface area contributed by atoms with E-state index in [2.05, 4.69) is 5.10 Å². The Kier molecular flexibility index (Phi) is 8.05. The van der Waals surface area contributed by atoms with Crippen LogP contribution in [0, 0.1) is 0 Å². The largest absolute Gasteiger partial charge is 0.331 e. The van der Waals surface area contributed by atoms with Crippen LogP contribution in [0.4, 0.5) is 0 Å². The SMILES string of the molecule is CCCN(CC(=O)c1c(C(C)C)[nH]n(-c2ccc(Cl)cc2)c1=O)C(=O)c1ccc(Cl)c(Cl)c1. The molecule has 1 aromatic heterocycles. The number of aromatic nitrogens is 2. The molecule has 0 unspecified atom stereocenters. The number of nitrogens with zero attached hydrogens (tertiary/aromatic N) is 2. The highest BCUT2D eigenvalue weighted by Crippen LogP contribution is 2.24. The molecule has 174 valence electrons. The molecule has 0 atom stereocenters. The lowest BCUT2D eigenvalue weighted by molar-refractivity contribution is 0.0709. The van der Waals surface area contributed by atoms with Crippen molar-refractivity contribution in [3.63, 3.8) is 0 Å². The summed E-state index contributed by atoms with van der Waals surface area (Å²) in [6.45, 7) is 5.79. The van der Waals surface area contributed by atoms with Crippen molar-refractivity contribution in [1.82, 2.24) is 14.7 Å². The van der Waals surface area contributed by atoms with Gasteiger partial charge in [-0.05, 0) is 54.8 Å². The van der Waals surface area contributed by atoms with Crippen LogP contribution in [0.1, 0.15) is 59.5 Å². The number of amides is 1. The minimum atomic E-state index is -0.468. The predicted molar refractivity (Wildman–Crippen MR) is 132 cm³/mol. The second-order valence-corrected chi connectivity index (χ2v) is 9.20. The molecule has 0 saturated carbocycles. The predicted octanol–water partition coefficient (Wildman–Crippen LogP) is 5.98. The summed E-state index contributed by atoms with van der Waals surface area (Å²) < 4.78 is 1.32. The maximum absolute atomic E-state index is 13.3. The average Bonchev–Trinajstić information content (AvgIpc) is 3.13. The number of carbonyl (C=O) groups excluding carboxylic acids is 2. The zero-order chi connectivity index (χ0) is 24.3. The molecular formula is C24H24Cl3N3O3. The monoisotopic (exact) mass is 507 g/mol. The van der Waals surface area contributed by atoms with Gasteiger partial charge in [-0.1, -0.05) is 55.6 Å². The van der Waals surface area contributed by atoms with Crippen LogP contribution in [0.5, 0.6) is 0 Å². The van der Waals surface area contributed by atoms with Crippen molar-refractivity contribution in [2.45, 2.75) is 33.1 Å². The van der Waals surface area contributed by atoms with Crippen LogP contribution in [-0.2, 0) is 0 Å². The first-order chi connectivity index (χ1) is 15.6. The van der Waals surface area contributed by atoms with Gasteiger partial charge in [-0.3, -0.25) is 19.5 Å². The molecule has 9 heteroatoms. The second-order valence-electron chi connectivity index (χ2n) is 7.95. The van der Waals surface area contributed by atoms with E-state index >= 15 is 0 Å². The minimum absolute atomic E-state index is 0.0444. The maximum Gasteiger partial charge on any atom is 0.282 e. The van der Waals surface area contributed by atoms with Crippen molar-refractivity contribution < 1.29 is 9.59 Å². The third-order valence-electron chi connectivity index (χ3n) is 5.14. The zero-order valence-electron chi connectivity index (χ0n) is 18.5. The van der Waals surface area contributed by atoms with Crippen molar-refractivity contribution in [2.75, 3.05) is 13.1 Å². The van der Waals surface area contributed by atoms with Crippen LogP contribution in [0.2, 0.25) is 15.1 Å². The highest BCUT2D eigenvalue weighted by molar-refractivity contribution is 6.42. The summed E-state index contributed by atoms with van der Waals surface area (Å²) in [7, 11) is 0. The molecule has 0 aliphatic heterocycles. The van der Waals surface area contributed by atoms with Gasteiger partial charge < -0.3 is 4.90 Å². The lowest BCUT2D eigenvalue weighted by atomic mass is 10.0. The lowest BCUT2D eigenvalue weighted by Crippen LogP contribution is -2.38. The van der Waals surface area contributed by atoms with Gasteiger partial charge >= 0.3 is 0 Å². The Morgan fingerprint density at radius 2 is 1.70 bits per heavy atom. The molecule has 1 amide bonds.